The monoisotopic (exact) mass is 405 g/mol. The summed E-state index contributed by atoms with van der Waals surface area (Å²) in [5, 5.41) is 6.00. The Morgan fingerprint density at radius 1 is 1.05 bits per heavy atom. The summed E-state index contributed by atoms with van der Waals surface area (Å²) in [6.45, 7) is 2.80. The van der Waals surface area contributed by atoms with Gasteiger partial charge in [-0.05, 0) is 69.6 Å². The zero-order valence-corrected chi connectivity index (χ0v) is 14.5. The molecule has 1 nitrogen and oxygen atoms in total. The quantitative estimate of drug-likeness (QED) is 0.571. The van der Waals surface area contributed by atoms with E-state index < -0.39 is 0 Å². The molecule has 1 N–H and O–H groups in total. The zero-order chi connectivity index (χ0) is 15.5. The van der Waals surface area contributed by atoms with Gasteiger partial charge in [0.15, 0.2) is 0 Å². The average Bonchev–Trinajstić information content (AvgIpc) is 2.51. The van der Waals surface area contributed by atoms with Crippen LogP contribution < -0.4 is 5.32 Å². The van der Waals surface area contributed by atoms with Crippen LogP contribution in [0.3, 0.4) is 0 Å². The third-order valence-corrected chi connectivity index (χ3v) is 4.45. The topological polar surface area (TPSA) is 12.0 Å². The smallest absolute Gasteiger partial charge is 0.124 e. The summed E-state index contributed by atoms with van der Waals surface area (Å²) >= 11 is 2.14. The molecule has 3 aromatic carbocycles. The van der Waals surface area contributed by atoms with Crippen LogP contribution in [0.2, 0.25) is 0 Å². The molecule has 0 aromatic heterocycles. The fraction of sp³-hybridized carbons (Fsp3) is 0.158. The van der Waals surface area contributed by atoms with Gasteiger partial charge < -0.3 is 5.32 Å². The lowest BCUT2D eigenvalue weighted by Gasteiger charge is -2.17. The van der Waals surface area contributed by atoms with Crippen LogP contribution in [0.15, 0.2) is 60.7 Å². The van der Waals surface area contributed by atoms with Gasteiger partial charge in [-0.2, -0.15) is 0 Å². The molecule has 0 saturated carbocycles. The van der Waals surface area contributed by atoms with Crippen LogP contribution in [0.4, 0.5) is 4.39 Å². The molecule has 0 spiro atoms. The molecule has 1 atom stereocenters. The van der Waals surface area contributed by atoms with Crippen molar-refractivity contribution in [1.82, 2.24) is 5.32 Å². The first kappa shape index (κ1) is 15.4. The van der Waals surface area contributed by atoms with Crippen molar-refractivity contribution >= 4 is 33.4 Å². The lowest BCUT2D eigenvalue weighted by atomic mass is 9.99. The number of fused-ring (bicyclic) bond motifs is 1. The molecule has 3 aromatic rings. The lowest BCUT2D eigenvalue weighted by Crippen LogP contribution is -2.18. The molecule has 0 aliphatic carbocycles. The van der Waals surface area contributed by atoms with Gasteiger partial charge in [0, 0.05) is 16.2 Å². The lowest BCUT2D eigenvalue weighted by molar-refractivity contribution is 0.572. The highest BCUT2D eigenvalue weighted by molar-refractivity contribution is 14.1. The van der Waals surface area contributed by atoms with Gasteiger partial charge in [0.05, 0.1) is 0 Å². The van der Waals surface area contributed by atoms with Gasteiger partial charge in [-0.15, -0.1) is 0 Å². The highest BCUT2D eigenvalue weighted by Crippen LogP contribution is 2.24. The van der Waals surface area contributed by atoms with E-state index in [2.05, 4.69) is 77.3 Å². The Morgan fingerprint density at radius 2 is 1.82 bits per heavy atom. The molecule has 0 unspecified atom stereocenters. The third-order valence-electron chi connectivity index (χ3n) is 3.82. The predicted octanol–water partition coefficient (Wildman–Crippen LogP) is 5.43. The Kier molecular flexibility index (Phi) is 4.74. The van der Waals surface area contributed by atoms with Crippen molar-refractivity contribution in [3.63, 3.8) is 0 Å². The first-order valence-corrected chi connectivity index (χ1v) is 8.37. The molecule has 3 rings (SSSR count). The van der Waals surface area contributed by atoms with E-state index in [1.807, 2.05) is 6.07 Å². The molecular formula is C19H17FIN. The summed E-state index contributed by atoms with van der Waals surface area (Å²) in [5.41, 5.74) is 2.24. The minimum Gasteiger partial charge on any atom is -0.306 e. The van der Waals surface area contributed by atoms with Crippen molar-refractivity contribution < 1.29 is 4.39 Å². The zero-order valence-electron chi connectivity index (χ0n) is 12.3. The fourth-order valence-electron chi connectivity index (χ4n) is 2.72. The molecule has 0 saturated heterocycles. The van der Waals surface area contributed by atoms with Gasteiger partial charge in [-0.1, -0.05) is 42.5 Å². The van der Waals surface area contributed by atoms with Crippen LogP contribution in [0.1, 0.15) is 24.1 Å². The van der Waals surface area contributed by atoms with Crippen molar-refractivity contribution in [2.75, 3.05) is 0 Å². The maximum atomic E-state index is 13.5. The highest BCUT2D eigenvalue weighted by Gasteiger charge is 2.09. The Bertz CT molecular complexity index is 775. The largest absolute Gasteiger partial charge is 0.306 e. The van der Waals surface area contributed by atoms with E-state index >= 15 is 0 Å². The standard InChI is InChI=1S/C19H17FIN/c1-13(22-12-14-9-16(20)11-17(21)10-14)18-8-4-6-15-5-2-3-7-19(15)18/h2-11,13,22H,12H2,1H3/t13-/m1/s1. The van der Waals surface area contributed by atoms with Crippen molar-refractivity contribution in [3.8, 4) is 0 Å². The maximum Gasteiger partial charge on any atom is 0.124 e. The number of hydrogen-bond acceptors (Lipinski definition) is 1. The Morgan fingerprint density at radius 3 is 2.64 bits per heavy atom. The third kappa shape index (κ3) is 3.47. The summed E-state index contributed by atoms with van der Waals surface area (Å²) in [6.07, 6.45) is 0. The molecule has 0 bridgehead atoms. The Labute approximate surface area is 143 Å². The first-order valence-electron chi connectivity index (χ1n) is 7.29. The molecule has 0 fully saturated rings. The number of halogens is 2. The molecule has 3 heteroatoms. The first-order chi connectivity index (χ1) is 10.6. The van der Waals surface area contributed by atoms with E-state index in [0.717, 1.165) is 9.13 Å². The van der Waals surface area contributed by atoms with Gasteiger partial charge in [0.25, 0.3) is 0 Å². The van der Waals surface area contributed by atoms with Crippen LogP contribution in [-0.2, 0) is 6.54 Å². The molecule has 0 amide bonds. The minimum absolute atomic E-state index is 0.179. The van der Waals surface area contributed by atoms with E-state index in [1.165, 1.54) is 22.4 Å². The molecule has 0 aliphatic heterocycles. The predicted molar refractivity (Wildman–Crippen MR) is 98.3 cm³/mol. The van der Waals surface area contributed by atoms with Gasteiger partial charge in [0.2, 0.25) is 0 Å². The van der Waals surface area contributed by atoms with Gasteiger partial charge in [-0.3, -0.25) is 0 Å². The Hall–Kier alpha value is -1.46. The van der Waals surface area contributed by atoms with E-state index in [0.29, 0.717) is 6.54 Å². The minimum atomic E-state index is -0.179. The second-order valence-corrected chi connectivity index (χ2v) is 6.69. The summed E-state index contributed by atoms with van der Waals surface area (Å²) in [6, 6.07) is 20.1. The Balaban J connectivity index is 1.80. The van der Waals surface area contributed by atoms with Crippen LogP contribution in [-0.4, -0.2) is 0 Å². The fourth-order valence-corrected chi connectivity index (χ4v) is 3.42. The van der Waals surface area contributed by atoms with Crippen LogP contribution in [0.5, 0.6) is 0 Å². The second kappa shape index (κ2) is 6.75. The van der Waals surface area contributed by atoms with Crippen molar-refractivity contribution in [2.45, 2.75) is 19.5 Å². The van der Waals surface area contributed by atoms with E-state index in [1.54, 1.807) is 6.07 Å². The molecule has 112 valence electrons. The van der Waals surface area contributed by atoms with E-state index in [-0.39, 0.29) is 11.9 Å². The molecule has 0 radical (unpaired) electrons. The van der Waals surface area contributed by atoms with Crippen LogP contribution >= 0.6 is 22.6 Å². The van der Waals surface area contributed by atoms with Crippen LogP contribution in [0.25, 0.3) is 10.8 Å². The van der Waals surface area contributed by atoms with Crippen molar-refractivity contribution in [3.05, 3.63) is 81.2 Å². The van der Waals surface area contributed by atoms with E-state index in [4.69, 9.17) is 0 Å². The summed E-state index contributed by atoms with van der Waals surface area (Å²) < 4.78 is 14.4. The molecule has 22 heavy (non-hydrogen) atoms. The number of benzene rings is 3. The molecule has 0 aliphatic rings. The van der Waals surface area contributed by atoms with Crippen molar-refractivity contribution in [2.24, 2.45) is 0 Å². The van der Waals surface area contributed by atoms with E-state index in [9.17, 15) is 4.39 Å². The number of nitrogens with one attached hydrogen (secondary N) is 1. The highest BCUT2D eigenvalue weighted by atomic mass is 127. The normalized spacial score (nSPS) is 12.5. The summed E-state index contributed by atoms with van der Waals surface area (Å²) in [4.78, 5) is 0. The van der Waals surface area contributed by atoms with Gasteiger partial charge in [0.1, 0.15) is 5.82 Å². The SMILES string of the molecule is C[C@@H](NCc1cc(F)cc(I)c1)c1cccc2ccccc12. The molecule has 0 heterocycles. The second-order valence-electron chi connectivity index (χ2n) is 5.45. The number of rotatable bonds is 4. The average molecular weight is 405 g/mol. The maximum absolute atomic E-state index is 13.5. The summed E-state index contributed by atoms with van der Waals surface area (Å²) in [5.74, 6) is -0.179. The van der Waals surface area contributed by atoms with Gasteiger partial charge >= 0.3 is 0 Å². The van der Waals surface area contributed by atoms with Gasteiger partial charge in [-0.25, -0.2) is 4.39 Å². The number of hydrogen-bond donors (Lipinski definition) is 1. The van der Waals surface area contributed by atoms with Crippen LogP contribution in [0, 0.1) is 9.39 Å². The van der Waals surface area contributed by atoms with Crippen molar-refractivity contribution in [1.29, 1.82) is 0 Å². The summed E-state index contributed by atoms with van der Waals surface area (Å²) in [7, 11) is 0. The molecular weight excluding hydrogens is 388 g/mol.